The van der Waals surface area contributed by atoms with Crippen molar-refractivity contribution in [3.05, 3.63) is 46.4 Å². The van der Waals surface area contributed by atoms with Crippen LogP contribution >= 0.6 is 0 Å². The van der Waals surface area contributed by atoms with Gasteiger partial charge in [0.25, 0.3) is 5.56 Å². The maximum Gasteiger partial charge on any atom is 0.256 e. The van der Waals surface area contributed by atoms with Gasteiger partial charge in [0, 0.05) is 24.0 Å². The van der Waals surface area contributed by atoms with Crippen LogP contribution in [0.5, 0.6) is 0 Å². The molecule has 0 aliphatic carbocycles. The lowest BCUT2D eigenvalue weighted by Crippen LogP contribution is -2.44. The third-order valence-corrected chi connectivity index (χ3v) is 4.08. The number of carbonyl (C=O) groups excluding carboxylic acids is 2. The SMILES string of the molecule is NC(=O)[C@@H]1C[C@@H](O)CN1C(=O)Cc1cc2ccccc2c(=O)[nH]1. The number of benzene rings is 1. The molecule has 2 aromatic rings. The zero-order chi connectivity index (χ0) is 16.6. The number of carbonyl (C=O) groups is 2. The van der Waals surface area contributed by atoms with E-state index in [2.05, 4.69) is 4.98 Å². The van der Waals surface area contributed by atoms with E-state index in [-0.39, 0.29) is 30.9 Å². The van der Waals surface area contributed by atoms with Crippen LogP contribution in [0.25, 0.3) is 10.8 Å². The van der Waals surface area contributed by atoms with Gasteiger partial charge in [-0.1, -0.05) is 18.2 Å². The largest absolute Gasteiger partial charge is 0.391 e. The molecular weight excluding hydrogens is 298 g/mol. The number of pyridine rings is 1. The Hall–Kier alpha value is -2.67. The topological polar surface area (TPSA) is 116 Å². The lowest BCUT2D eigenvalue weighted by atomic mass is 10.1. The van der Waals surface area contributed by atoms with E-state index in [0.717, 1.165) is 5.39 Å². The Morgan fingerprint density at radius 2 is 2.09 bits per heavy atom. The molecule has 3 rings (SSSR count). The Bertz CT molecular complexity index is 829. The summed E-state index contributed by atoms with van der Waals surface area (Å²) >= 11 is 0. The molecule has 1 aliphatic heterocycles. The molecule has 0 bridgehead atoms. The van der Waals surface area contributed by atoms with Crippen LogP contribution in [0, 0.1) is 0 Å². The fraction of sp³-hybridized carbons (Fsp3) is 0.312. The number of nitrogens with two attached hydrogens (primary N) is 1. The molecule has 1 saturated heterocycles. The molecule has 7 nitrogen and oxygen atoms in total. The van der Waals surface area contributed by atoms with E-state index in [1.165, 1.54) is 4.90 Å². The van der Waals surface area contributed by atoms with Crippen molar-refractivity contribution >= 4 is 22.6 Å². The van der Waals surface area contributed by atoms with Crippen molar-refractivity contribution in [2.75, 3.05) is 6.54 Å². The Morgan fingerprint density at radius 3 is 2.83 bits per heavy atom. The van der Waals surface area contributed by atoms with Crippen molar-refractivity contribution in [3.63, 3.8) is 0 Å². The van der Waals surface area contributed by atoms with Gasteiger partial charge in [-0.15, -0.1) is 0 Å². The number of hydrogen-bond donors (Lipinski definition) is 3. The summed E-state index contributed by atoms with van der Waals surface area (Å²) in [6.07, 6.45) is -0.668. The zero-order valence-electron chi connectivity index (χ0n) is 12.4. The smallest absolute Gasteiger partial charge is 0.256 e. The number of nitrogens with zero attached hydrogens (tertiary/aromatic N) is 1. The van der Waals surface area contributed by atoms with Gasteiger partial charge >= 0.3 is 0 Å². The number of aromatic amines is 1. The molecule has 2 amide bonds. The molecule has 0 spiro atoms. The van der Waals surface area contributed by atoms with Crippen molar-refractivity contribution in [2.24, 2.45) is 5.73 Å². The molecule has 1 aliphatic rings. The van der Waals surface area contributed by atoms with Gasteiger partial charge in [0.15, 0.2) is 0 Å². The summed E-state index contributed by atoms with van der Waals surface area (Å²) in [5.74, 6) is -0.988. The quantitative estimate of drug-likeness (QED) is 0.709. The number of aromatic nitrogens is 1. The van der Waals surface area contributed by atoms with E-state index in [9.17, 15) is 19.5 Å². The number of nitrogens with one attached hydrogen (secondary N) is 1. The number of likely N-dealkylation sites (tertiary alicyclic amines) is 1. The van der Waals surface area contributed by atoms with Crippen LogP contribution in [0.15, 0.2) is 35.1 Å². The Labute approximate surface area is 131 Å². The van der Waals surface area contributed by atoms with E-state index in [1.54, 1.807) is 24.3 Å². The van der Waals surface area contributed by atoms with Gasteiger partial charge in [-0.05, 0) is 17.5 Å². The second-order valence-corrected chi connectivity index (χ2v) is 5.74. The van der Waals surface area contributed by atoms with E-state index >= 15 is 0 Å². The molecule has 2 heterocycles. The summed E-state index contributed by atoms with van der Waals surface area (Å²) < 4.78 is 0. The first-order chi connectivity index (χ1) is 11.0. The van der Waals surface area contributed by atoms with E-state index in [0.29, 0.717) is 11.1 Å². The minimum absolute atomic E-state index is 0.0590. The van der Waals surface area contributed by atoms with Gasteiger partial charge in [-0.2, -0.15) is 0 Å². The minimum atomic E-state index is -0.801. The van der Waals surface area contributed by atoms with Crippen LogP contribution in [0.3, 0.4) is 0 Å². The number of amides is 2. The van der Waals surface area contributed by atoms with Crippen LogP contribution in [-0.2, 0) is 16.0 Å². The number of rotatable bonds is 3. The number of β-amino-alcohol motifs (C(OH)–C–C–N with tert-alkyl or cyclic N) is 1. The highest BCUT2D eigenvalue weighted by Gasteiger charge is 2.37. The summed E-state index contributed by atoms with van der Waals surface area (Å²) in [7, 11) is 0. The molecule has 4 N–H and O–H groups in total. The molecule has 0 saturated carbocycles. The molecule has 1 aromatic carbocycles. The Morgan fingerprint density at radius 1 is 1.35 bits per heavy atom. The Balaban J connectivity index is 1.85. The van der Waals surface area contributed by atoms with Gasteiger partial charge < -0.3 is 20.7 Å². The lowest BCUT2D eigenvalue weighted by Gasteiger charge is -2.21. The third-order valence-electron chi connectivity index (χ3n) is 4.08. The first kappa shape index (κ1) is 15.2. The number of H-pyrrole nitrogens is 1. The molecule has 0 unspecified atom stereocenters. The van der Waals surface area contributed by atoms with Gasteiger partial charge in [-0.25, -0.2) is 0 Å². The highest BCUT2D eigenvalue weighted by molar-refractivity contribution is 5.89. The minimum Gasteiger partial charge on any atom is -0.391 e. The standard InChI is InChI=1S/C16H17N3O4/c17-15(22)13-7-11(20)8-19(13)14(21)6-10-5-9-3-1-2-4-12(9)16(23)18-10/h1-5,11,13,20H,6-8H2,(H2,17,22)(H,18,23)/t11-,13+/m1/s1. The van der Waals surface area contributed by atoms with Crippen molar-refractivity contribution in [1.82, 2.24) is 9.88 Å². The monoisotopic (exact) mass is 315 g/mol. The molecule has 23 heavy (non-hydrogen) atoms. The van der Waals surface area contributed by atoms with E-state index < -0.39 is 18.1 Å². The Kier molecular flexibility index (Phi) is 3.87. The van der Waals surface area contributed by atoms with Gasteiger partial charge in [0.1, 0.15) is 6.04 Å². The average Bonchev–Trinajstić information content (AvgIpc) is 2.90. The van der Waals surface area contributed by atoms with Crippen LogP contribution in [0.4, 0.5) is 0 Å². The van der Waals surface area contributed by atoms with Gasteiger partial charge in [-0.3, -0.25) is 14.4 Å². The van der Waals surface area contributed by atoms with Crippen LogP contribution in [-0.4, -0.2) is 45.5 Å². The predicted octanol–water partition coefficient (Wildman–Crippen LogP) is -0.482. The summed E-state index contributed by atoms with van der Waals surface area (Å²) in [5.41, 5.74) is 5.47. The number of aliphatic hydroxyl groups excluding tert-OH is 1. The number of aliphatic hydroxyl groups is 1. The van der Waals surface area contributed by atoms with Crippen molar-refractivity contribution in [3.8, 4) is 0 Å². The van der Waals surface area contributed by atoms with E-state index in [4.69, 9.17) is 5.73 Å². The average molecular weight is 315 g/mol. The molecule has 0 radical (unpaired) electrons. The molecule has 1 fully saturated rings. The highest BCUT2D eigenvalue weighted by Crippen LogP contribution is 2.19. The lowest BCUT2D eigenvalue weighted by molar-refractivity contribution is -0.136. The van der Waals surface area contributed by atoms with Gasteiger partial charge in [0.05, 0.1) is 12.5 Å². The second-order valence-electron chi connectivity index (χ2n) is 5.74. The van der Waals surface area contributed by atoms with Crippen LogP contribution in [0.2, 0.25) is 0 Å². The summed E-state index contributed by atoms with van der Waals surface area (Å²) in [4.78, 5) is 39.8. The summed E-state index contributed by atoms with van der Waals surface area (Å²) in [6.45, 7) is 0.0737. The maximum absolute atomic E-state index is 12.4. The van der Waals surface area contributed by atoms with E-state index in [1.807, 2.05) is 6.07 Å². The zero-order valence-corrected chi connectivity index (χ0v) is 12.4. The molecule has 120 valence electrons. The molecule has 2 atom stereocenters. The van der Waals surface area contributed by atoms with Crippen LogP contribution in [0.1, 0.15) is 12.1 Å². The predicted molar refractivity (Wildman–Crippen MR) is 83.6 cm³/mol. The number of primary amides is 1. The van der Waals surface area contributed by atoms with Crippen molar-refractivity contribution in [2.45, 2.75) is 25.0 Å². The van der Waals surface area contributed by atoms with Gasteiger partial charge in [0.2, 0.25) is 11.8 Å². The van der Waals surface area contributed by atoms with Crippen LogP contribution < -0.4 is 11.3 Å². The molecular formula is C16H17N3O4. The first-order valence-electron chi connectivity index (χ1n) is 7.33. The summed E-state index contributed by atoms with van der Waals surface area (Å²) in [5, 5.41) is 11.0. The molecule has 7 heteroatoms. The number of hydrogen-bond acceptors (Lipinski definition) is 4. The maximum atomic E-state index is 12.4. The third kappa shape index (κ3) is 2.95. The fourth-order valence-electron chi connectivity index (χ4n) is 2.99. The fourth-order valence-corrected chi connectivity index (χ4v) is 2.99. The van der Waals surface area contributed by atoms with Crippen molar-refractivity contribution in [1.29, 1.82) is 0 Å². The normalized spacial score (nSPS) is 20.8. The second kappa shape index (κ2) is 5.85. The summed E-state index contributed by atoms with van der Waals surface area (Å²) in [6, 6.07) is 8.02. The first-order valence-corrected chi connectivity index (χ1v) is 7.33. The molecule has 1 aromatic heterocycles. The van der Waals surface area contributed by atoms with Crippen molar-refractivity contribution < 1.29 is 14.7 Å². The number of fused-ring (bicyclic) bond motifs is 1. The highest BCUT2D eigenvalue weighted by atomic mass is 16.3.